The number of likely N-dealkylation sites (tertiary alicyclic amines) is 1. The van der Waals surface area contributed by atoms with E-state index >= 15 is 0 Å². The zero-order valence-corrected chi connectivity index (χ0v) is 11.9. The van der Waals surface area contributed by atoms with Crippen LogP contribution in [0.1, 0.15) is 26.5 Å². The topological polar surface area (TPSA) is 67.6 Å². The first-order valence-electron chi connectivity index (χ1n) is 6.36. The number of nitrogens with zero attached hydrogens (tertiary/aromatic N) is 3. The number of aromatic nitrogens is 2. The van der Waals surface area contributed by atoms with E-state index in [2.05, 4.69) is 5.10 Å². The molecule has 1 aliphatic rings. The Bertz CT molecular complexity index is 470. The number of ether oxygens (including phenoxy) is 1. The van der Waals surface area contributed by atoms with Crippen LogP contribution in [0.25, 0.3) is 0 Å². The Labute approximate surface area is 113 Å². The Hall–Kier alpha value is -1.56. The number of hydrogen-bond acceptors (Lipinski definition) is 4. The van der Waals surface area contributed by atoms with Crippen LogP contribution < -0.4 is 0 Å². The summed E-state index contributed by atoms with van der Waals surface area (Å²) < 4.78 is 6.94. The van der Waals surface area contributed by atoms with Crippen molar-refractivity contribution in [3.8, 4) is 0 Å². The number of carbonyl (C=O) groups excluding carboxylic acids is 1. The van der Waals surface area contributed by atoms with Gasteiger partial charge in [0.1, 0.15) is 11.2 Å². The minimum atomic E-state index is -0.884. The van der Waals surface area contributed by atoms with Gasteiger partial charge < -0.3 is 14.7 Å². The molecule has 2 rings (SSSR count). The summed E-state index contributed by atoms with van der Waals surface area (Å²) in [4.78, 5) is 13.3. The molecule has 1 saturated heterocycles. The van der Waals surface area contributed by atoms with E-state index in [1.807, 2.05) is 40.1 Å². The smallest absolute Gasteiger partial charge is 0.410 e. The average molecular weight is 267 g/mol. The lowest BCUT2D eigenvalue weighted by atomic mass is 9.89. The predicted octanol–water partition coefficient (Wildman–Crippen LogP) is 0.944. The van der Waals surface area contributed by atoms with Crippen molar-refractivity contribution in [1.29, 1.82) is 0 Å². The molecule has 0 unspecified atom stereocenters. The highest BCUT2D eigenvalue weighted by molar-refractivity contribution is 5.69. The van der Waals surface area contributed by atoms with Crippen molar-refractivity contribution in [2.24, 2.45) is 7.05 Å². The largest absolute Gasteiger partial charge is 0.444 e. The summed E-state index contributed by atoms with van der Waals surface area (Å²) in [5, 5.41) is 14.5. The third-order valence-electron chi connectivity index (χ3n) is 2.90. The second-order valence-corrected chi connectivity index (χ2v) is 6.22. The summed E-state index contributed by atoms with van der Waals surface area (Å²) in [6.07, 6.45) is 1.91. The quantitative estimate of drug-likeness (QED) is 0.866. The average Bonchev–Trinajstić information content (AvgIpc) is 2.57. The molecule has 6 heteroatoms. The third kappa shape index (κ3) is 3.47. The van der Waals surface area contributed by atoms with Gasteiger partial charge in [-0.2, -0.15) is 5.10 Å². The molecule has 1 amide bonds. The van der Waals surface area contributed by atoms with Gasteiger partial charge in [-0.25, -0.2) is 4.79 Å². The number of aryl methyl sites for hydroxylation is 1. The zero-order chi connectivity index (χ0) is 14.3. The fourth-order valence-corrected chi connectivity index (χ4v) is 2.13. The molecule has 1 N–H and O–H groups in total. The van der Waals surface area contributed by atoms with Crippen molar-refractivity contribution in [2.75, 3.05) is 13.1 Å². The van der Waals surface area contributed by atoms with Gasteiger partial charge in [0.15, 0.2) is 0 Å². The number of carbonyl (C=O) groups is 1. The maximum Gasteiger partial charge on any atom is 0.410 e. The van der Waals surface area contributed by atoms with Crippen LogP contribution >= 0.6 is 0 Å². The van der Waals surface area contributed by atoms with Crippen molar-refractivity contribution in [1.82, 2.24) is 14.7 Å². The lowest BCUT2D eigenvalue weighted by Gasteiger charge is -2.46. The lowest BCUT2D eigenvalue weighted by molar-refractivity contribution is -0.0978. The second-order valence-electron chi connectivity index (χ2n) is 6.22. The third-order valence-corrected chi connectivity index (χ3v) is 2.90. The first kappa shape index (κ1) is 13.9. The monoisotopic (exact) mass is 267 g/mol. The molecule has 0 saturated carbocycles. The highest BCUT2D eigenvalue weighted by Crippen LogP contribution is 2.26. The van der Waals surface area contributed by atoms with Gasteiger partial charge in [-0.05, 0) is 26.8 Å². The minimum absolute atomic E-state index is 0.290. The van der Waals surface area contributed by atoms with Gasteiger partial charge in [-0.1, -0.05) is 0 Å². The molecule has 0 aromatic carbocycles. The molecule has 6 nitrogen and oxygen atoms in total. The van der Waals surface area contributed by atoms with Gasteiger partial charge in [0, 0.05) is 19.7 Å². The Morgan fingerprint density at radius 2 is 2.16 bits per heavy atom. The van der Waals surface area contributed by atoms with Gasteiger partial charge in [-0.3, -0.25) is 4.68 Å². The molecule has 106 valence electrons. The summed E-state index contributed by atoms with van der Waals surface area (Å²) in [5.74, 6) is 0. The van der Waals surface area contributed by atoms with Crippen molar-refractivity contribution < 1.29 is 14.6 Å². The molecule has 19 heavy (non-hydrogen) atoms. The number of rotatable bonds is 2. The summed E-state index contributed by atoms with van der Waals surface area (Å²) >= 11 is 0. The van der Waals surface area contributed by atoms with Crippen molar-refractivity contribution in [3.63, 3.8) is 0 Å². The van der Waals surface area contributed by atoms with Crippen molar-refractivity contribution >= 4 is 6.09 Å². The fraction of sp³-hybridized carbons (Fsp3) is 0.692. The molecule has 0 radical (unpaired) electrons. The highest BCUT2D eigenvalue weighted by atomic mass is 16.6. The van der Waals surface area contributed by atoms with Crippen molar-refractivity contribution in [2.45, 2.75) is 38.4 Å². The molecule has 1 aliphatic heterocycles. The van der Waals surface area contributed by atoms with Crippen LogP contribution in [0.5, 0.6) is 0 Å². The van der Waals surface area contributed by atoms with E-state index in [1.165, 1.54) is 4.90 Å². The van der Waals surface area contributed by atoms with Gasteiger partial charge in [0.05, 0.1) is 18.8 Å². The van der Waals surface area contributed by atoms with E-state index in [9.17, 15) is 9.90 Å². The number of aliphatic hydroxyl groups is 1. The van der Waals surface area contributed by atoms with E-state index in [4.69, 9.17) is 4.74 Å². The molecule has 1 aromatic rings. The van der Waals surface area contributed by atoms with Gasteiger partial charge in [0.25, 0.3) is 0 Å². The van der Waals surface area contributed by atoms with Crippen LogP contribution in [0.4, 0.5) is 4.79 Å². The van der Waals surface area contributed by atoms with Crippen LogP contribution in [-0.2, 0) is 18.2 Å². The normalized spacial score (nSPS) is 18.1. The first-order chi connectivity index (χ1) is 8.67. The van der Waals surface area contributed by atoms with E-state index in [0.29, 0.717) is 19.5 Å². The molecule has 0 atom stereocenters. The molecular weight excluding hydrogens is 246 g/mol. The Morgan fingerprint density at radius 1 is 1.53 bits per heavy atom. The SMILES string of the molecule is Cn1ccc(CC2(O)CN(C(=O)OC(C)(C)C)C2)n1. The zero-order valence-electron chi connectivity index (χ0n) is 11.9. The number of amides is 1. The molecule has 0 spiro atoms. The Morgan fingerprint density at radius 3 is 2.63 bits per heavy atom. The molecule has 1 fully saturated rings. The molecule has 1 aromatic heterocycles. The van der Waals surface area contributed by atoms with Crippen LogP contribution in [-0.4, -0.2) is 50.2 Å². The standard InChI is InChI=1S/C13H21N3O3/c1-12(2,3)19-11(17)16-8-13(18,9-16)7-10-5-6-15(4)14-10/h5-6,18H,7-9H2,1-4H3. The van der Waals surface area contributed by atoms with Gasteiger partial charge in [-0.15, -0.1) is 0 Å². The summed E-state index contributed by atoms with van der Waals surface area (Å²) in [6, 6.07) is 1.87. The van der Waals surface area contributed by atoms with Gasteiger partial charge >= 0.3 is 6.09 Å². The summed E-state index contributed by atoms with van der Waals surface area (Å²) in [6.45, 7) is 6.05. The van der Waals surface area contributed by atoms with E-state index in [-0.39, 0.29) is 6.09 Å². The predicted molar refractivity (Wildman–Crippen MR) is 69.7 cm³/mol. The number of β-amino-alcohol motifs (C(OH)–C–C–N with tert-alkyl or cyclic N) is 1. The maximum absolute atomic E-state index is 11.8. The van der Waals surface area contributed by atoms with Crippen molar-refractivity contribution in [3.05, 3.63) is 18.0 Å². The number of hydrogen-bond donors (Lipinski definition) is 1. The minimum Gasteiger partial charge on any atom is -0.444 e. The Kier molecular flexibility index (Phi) is 3.30. The maximum atomic E-state index is 11.8. The molecule has 0 aliphatic carbocycles. The molecular formula is C13H21N3O3. The van der Waals surface area contributed by atoms with Crippen LogP contribution in [0.3, 0.4) is 0 Å². The fourth-order valence-electron chi connectivity index (χ4n) is 2.13. The molecule has 2 heterocycles. The van der Waals surface area contributed by atoms with Crippen LogP contribution in [0.2, 0.25) is 0 Å². The van der Waals surface area contributed by atoms with E-state index in [1.54, 1.807) is 4.68 Å². The molecule has 0 bridgehead atoms. The van der Waals surface area contributed by atoms with E-state index in [0.717, 1.165) is 5.69 Å². The van der Waals surface area contributed by atoms with Crippen LogP contribution in [0, 0.1) is 0 Å². The van der Waals surface area contributed by atoms with Crippen LogP contribution in [0.15, 0.2) is 12.3 Å². The second kappa shape index (κ2) is 4.52. The lowest BCUT2D eigenvalue weighted by Crippen LogP contribution is -2.65. The Balaban J connectivity index is 1.86. The summed E-state index contributed by atoms with van der Waals surface area (Å²) in [7, 11) is 1.83. The first-order valence-corrected chi connectivity index (χ1v) is 6.36. The van der Waals surface area contributed by atoms with E-state index < -0.39 is 11.2 Å². The van der Waals surface area contributed by atoms with Gasteiger partial charge in [0.2, 0.25) is 0 Å². The highest BCUT2D eigenvalue weighted by Gasteiger charge is 2.45. The summed E-state index contributed by atoms with van der Waals surface area (Å²) in [5.41, 5.74) is -0.564.